The molecule has 4 aromatic rings. The van der Waals surface area contributed by atoms with Gasteiger partial charge in [0.1, 0.15) is 5.69 Å². The molecular weight excluding hydrogens is 414 g/mol. The number of nitrogens with zero attached hydrogens (tertiary/aromatic N) is 4. The van der Waals surface area contributed by atoms with Crippen LogP contribution in [0.2, 0.25) is 0 Å². The van der Waals surface area contributed by atoms with E-state index in [-0.39, 0.29) is 11.4 Å². The molecule has 162 valence electrons. The summed E-state index contributed by atoms with van der Waals surface area (Å²) in [7, 11) is 4.40. The first-order valence-electron chi connectivity index (χ1n) is 9.47. The molecule has 0 fully saturated rings. The molecule has 0 bridgehead atoms. The highest BCUT2D eigenvalue weighted by Gasteiger charge is 2.16. The van der Waals surface area contributed by atoms with Crippen LogP contribution >= 0.6 is 0 Å². The summed E-state index contributed by atoms with van der Waals surface area (Å²) in [6.07, 6.45) is 3.01. The number of benzene rings is 1. The van der Waals surface area contributed by atoms with E-state index in [0.717, 1.165) is 11.3 Å². The highest BCUT2D eigenvalue weighted by Crippen LogP contribution is 2.32. The minimum absolute atomic E-state index is 0.141. The Hall–Kier alpha value is -4.47. The summed E-state index contributed by atoms with van der Waals surface area (Å²) in [5.41, 5.74) is 2.76. The predicted octanol–water partition coefficient (Wildman–Crippen LogP) is 2.85. The first-order chi connectivity index (χ1) is 15.5. The first-order valence-corrected chi connectivity index (χ1v) is 9.47. The van der Waals surface area contributed by atoms with Crippen molar-refractivity contribution in [2.75, 3.05) is 26.6 Å². The third-order valence-electron chi connectivity index (χ3n) is 4.69. The standard InChI is InChI=1S/C22H19N5O5/c1-30-18-7-4-13(10-19(18)31-2)17-8-9-23-20-11-16(26-27(17)20)21(28)25-14-5-6-15(24-12-14)22(29)32-3/h4-12H,1-3H3,(H,25,28). The molecule has 3 aromatic heterocycles. The van der Waals surface area contributed by atoms with Gasteiger partial charge >= 0.3 is 5.97 Å². The molecule has 10 heteroatoms. The lowest BCUT2D eigenvalue weighted by Gasteiger charge is -2.10. The quantitative estimate of drug-likeness (QED) is 0.462. The van der Waals surface area contributed by atoms with Crippen LogP contribution in [0, 0.1) is 0 Å². The van der Waals surface area contributed by atoms with Gasteiger partial charge in [0.25, 0.3) is 5.91 Å². The first kappa shape index (κ1) is 20.8. The Morgan fingerprint density at radius 1 is 0.906 bits per heavy atom. The monoisotopic (exact) mass is 433 g/mol. The number of ether oxygens (including phenoxy) is 3. The van der Waals surface area contributed by atoms with Gasteiger partial charge in [-0.05, 0) is 36.4 Å². The third kappa shape index (κ3) is 3.93. The number of fused-ring (bicyclic) bond motifs is 1. The van der Waals surface area contributed by atoms with E-state index in [9.17, 15) is 9.59 Å². The molecule has 0 saturated carbocycles. The third-order valence-corrected chi connectivity index (χ3v) is 4.69. The molecule has 0 aliphatic carbocycles. The van der Waals surface area contributed by atoms with E-state index in [4.69, 9.17) is 9.47 Å². The number of hydrogen-bond acceptors (Lipinski definition) is 8. The van der Waals surface area contributed by atoms with E-state index in [1.165, 1.54) is 19.4 Å². The van der Waals surface area contributed by atoms with E-state index in [1.807, 2.05) is 12.1 Å². The van der Waals surface area contributed by atoms with Crippen LogP contribution in [0.1, 0.15) is 21.0 Å². The van der Waals surface area contributed by atoms with Crippen LogP contribution in [0.25, 0.3) is 16.9 Å². The van der Waals surface area contributed by atoms with E-state index < -0.39 is 11.9 Å². The van der Waals surface area contributed by atoms with E-state index >= 15 is 0 Å². The highest BCUT2D eigenvalue weighted by molar-refractivity contribution is 6.03. The molecule has 0 saturated heterocycles. The molecule has 1 amide bonds. The summed E-state index contributed by atoms with van der Waals surface area (Å²) in [5, 5.41) is 7.12. The topological polar surface area (TPSA) is 117 Å². The van der Waals surface area contributed by atoms with Gasteiger partial charge in [-0.25, -0.2) is 19.3 Å². The molecule has 3 heterocycles. The van der Waals surface area contributed by atoms with Crippen molar-refractivity contribution in [1.29, 1.82) is 0 Å². The lowest BCUT2D eigenvalue weighted by atomic mass is 10.1. The number of amides is 1. The Morgan fingerprint density at radius 2 is 1.72 bits per heavy atom. The maximum absolute atomic E-state index is 12.7. The molecule has 0 radical (unpaired) electrons. The fourth-order valence-electron chi connectivity index (χ4n) is 3.11. The maximum atomic E-state index is 12.7. The second-order valence-electron chi connectivity index (χ2n) is 6.58. The number of nitrogens with one attached hydrogen (secondary N) is 1. The zero-order valence-electron chi connectivity index (χ0n) is 17.5. The summed E-state index contributed by atoms with van der Waals surface area (Å²) < 4.78 is 16.9. The number of pyridine rings is 1. The second kappa shape index (κ2) is 8.72. The SMILES string of the molecule is COC(=O)c1ccc(NC(=O)c2cc3nccc(-c4ccc(OC)c(OC)c4)n3n2)cn1. The van der Waals surface area contributed by atoms with Gasteiger partial charge in [-0.3, -0.25) is 4.79 Å². The number of anilines is 1. The number of carbonyl (C=O) groups excluding carboxylic acids is 2. The van der Waals surface area contributed by atoms with E-state index in [0.29, 0.717) is 22.8 Å². The molecule has 1 aromatic carbocycles. The summed E-state index contributed by atoms with van der Waals surface area (Å²) in [4.78, 5) is 32.5. The molecular formula is C22H19N5O5. The summed E-state index contributed by atoms with van der Waals surface area (Å²) in [6.45, 7) is 0. The van der Waals surface area contributed by atoms with Gasteiger partial charge in [-0.1, -0.05) is 0 Å². The van der Waals surface area contributed by atoms with E-state index in [1.54, 1.807) is 49.2 Å². The minimum Gasteiger partial charge on any atom is -0.493 e. The maximum Gasteiger partial charge on any atom is 0.356 e. The summed E-state index contributed by atoms with van der Waals surface area (Å²) in [6, 6.07) is 11.9. The number of carbonyl (C=O) groups is 2. The minimum atomic E-state index is -0.558. The van der Waals surface area contributed by atoms with Gasteiger partial charge < -0.3 is 19.5 Å². The molecule has 1 N–H and O–H groups in total. The number of rotatable bonds is 6. The molecule has 0 aliphatic heterocycles. The van der Waals surface area contributed by atoms with Crippen LogP contribution in [0.15, 0.2) is 54.9 Å². The van der Waals surface area contributed by atoms with Crippen LogP contribution in [0.3, 0.4) is 0 Å². The van der Waals surface area contributed by atoms with Gasteiger partial charge in [-0.2, -0.15) is 5.10 Å². The Labute approximate surface area is 182 Å². The van der Waals surface area contributed by atoms with Crippen molar-refractivity contribution in [3.8, 4) is 22.8 Å². The van der Waals surface area contributed by atoms with Crippen LogP contribution < -0.4 is 14.8 Å². The van der Waals surface area contributed by atoms with Gasteiger partial charge in [0.2, 0.25) is 0 Å². The number of methoxy groups -OCH3 is 3. The number of aromatic nitrogens is 4. The Morgan fingerprint density at radius 3 is 2.41 bits per heavy atom. The normalized spacial score (nSPS) is 10.6. The van der Waals surface area contributed by atoms with Crippen molar-refractivity contribution in [2.24, 2.45) is 0 Å². The van der Waals surface area contributed by atoms with Crippen molar-refractivity contribution in [3.05, 3.63) is 66.2 Å². The van der Waals surface area contributed by atoms with Crippen molar-refractivity contribution in [1.82, 2.24) is 19.6 Å². The smallest absolute Gasteiger partial charge is 0.356 e. The van der Waals surface area contributed by atoms with Crippen LogP contribution in [0.4, 0.5) is 5.69 Å². The molecule has 0 spiro atoms. The average molecular weight is 433 g/mol. The molecule has 32 heavy (non-hydrogen) atoms. The van der Waals surface area contributed by atoms with Crippen molar-refractivity contribution < 1.29 is 23.8 Å². The van der Waals surface area contributed by atoms with Crippen LogP contribution in [-0.2, 0) is 4.74 Å². The van der Waals surface area contributed by atoms with Crippen molar-refractivity contribution in [2.45, 2.75) is 0 Å². The number of hydrogen-bond donors (Lipinski definition) is 1. The molecule has 10 nitrogen and oxygen atoms in total. The van der Waals surface area contributed by atoms with E-state index in [2.05, 4.69) is 25.1 Å². The highest BCUT2D eigenvalue weighted by atomic mass is 16.5. The van der Waals surface area contributed by atoms with Gasteiger partial charge in [0.15, 0.2) is 22.8 Å². The molecule has 0 unspecified atom stereocenters. The zero-order valence-corrected chi connectivity index (χ0v) is 17.5. The Bertz CT molecular complexity index is 1300. The largest absolute Gasteiger partial charge is 0.493 e. The van der Waals surface area contributed by atoms with Crippen molar-refractivity contribution >= 4 is 23.2 Å². The molecule has 4 rings (SSSR count). The lowest BCUT2D eigenvalue weighted by molar-refractivity contribution is 0.0594. The second-order valence-corrected chi connectivity index (χ2v) is 6.58. The van der Waals surface area contributed by atoms with Crippen LogP contribution in [0.5, 0.6) is 11.5 Å². The lowest BCUT2D eigenvalue weighted by Crippen LogP contribution is -2.13. The predicted molar refractivity (Wildman–Crippen MR) is 115 cm³/mol. The van der Waals surface area contributed by atoms with Crippen LogP contribution in [-0.4, -0.2) is 52.8 Å². The fraction of sp³-hybridized carbons (Fsp3) is 0.136. The summed E-state index contributed by atoms with van der Waals surface area (Å²) >= 11 is 0. The van der Waals surface area contributed by atoms with Gasteiger partial charge in [0.05, 0.1) is 38.9 Å². The van der Waals surface area contributed by atoms with Gasteiger partial charge in [0, 0.05) is 17.8 Å². The van der Waals surface area contributed by atoms with Gasteiger partial charge in [-0.15, -0.1) is 0 Å². The zero-order chi connectivity index (χ0) is 22.7. The molecule has 0 aliphatic rings. The average Bonchev–Trinajstić information content (AvgIpc) is 3.28. The fourth-order valence-corrected chi connectivity index (χ4v) is 3.11. The molecule has 0 atom stereocenters. The van der Waals surface area contributed by atoms with Crippen molar-refractivity contribution in [3.63, 3.8) is 0 Å². The summed E-state index contributed by atoms with van der Waals surface area (Å²) in [5.74, 6) is 0.176. The Balaban J connectivity index is 1.63. The number of esters is 1. The Kier molecular flexibility index (Phi) is 5.67.